The lowest BCUT2D eigenvalue weighted by atomic mass is 10.8. The van der Waals surface area contributed by atoms with Crippen molar-refractivity contribution >= 4 is 16.5 Å². The molecule has 0 fully saturated rings. The van der Waals surface area contributed by atoms with Gasteiger partial charge in [0.1, 0.15) is 0 Å². The van der Waals surface area contributed by atoms with Crippen LogP contribution >= 0.6 is 16.5 Å². The topological polar surface area (TPSA) is 72.8 Å². The fourth-order valence-electron chi connectivity index (χ4n) is 0.171. The van der Waals surface area contributed by atoms with E-state index in [2.05, 4.69) is 8.83 Å². The third-order valence-electron chi connectivity index (χ3n) is 0.390. The normalized spacial score (nSPS) is 12.0. The van der Waals surface area contributed by atoms with Crippen LogP contribution in [0.3, 0.4) is 0 Å². The Balaban J connectivity index is 3.47. The monoisotopic (exact) mass is 182 g/mol. The van der Waals surface area contributed by atoms with Gasteiger partial charge in [-0.05, 0) is 0 Å². The Kier molecular flexibility index (Phi) is 5.23. The molecule has 0 aliphatic rings. The Hall–Kier alpha value is -0.360. The fourth-order valence-corrected chi connectivity index (χ4v) is 0.995. The van der Waals surface area contributed by atoms with E-state index in [1.165, 1.54) is 0 Å². The van der Waals surface area contributed by atoms with E-state index >= 15 is 0 Å². The van der Waals surface area contributed by atoms with E-state index in [9.17, 15) is 9.13 Å². The third-order valence-corrected chi connectivity index (χ3v) is 1.82. The minimum Gasteiger partial charge on any atom is -0.131 e. The van der Waals surface area contributed by atoms with Crippen LogP contribution in [0.1, 0.15) is 0 Å². The SMILES string of the molecule is C#CCO[P+](=O)O[P+](=O)O. The number of hydrogen-bond donors (Lipinski definition) is 1. The van der Waals surface area contributed by atoms with Crippen LogP contribution in [0.5, 0.6) is 0 Å². The van der Waals surface area contributed by atoms with Crippen LogP contribution in [0.4, 0.5) is 0 Å². The van der Waals surface area contributed by atoms with Crippen molar-refractivity contribution in [2.75, 3.05) is 6.61 Å². The zero-order valence-corrected chi connectivity index (χ0v) is 6.55. The minimum absolute atomic E-state index is 0.210. The zero-order valence-electron chi connectivity index (χ0n) is 4.76. The molecule has 0 amide bonds. The second-order valence-electron chi connectivity index (χ2n) is 1.02. The van der Waals surface area contributed by atoms with Gasteiger partial charge in [0, 0.05) is 9.13 Å². The molecule has 5 nitrogen and oxygen atoms in total. The molecule has 0 aliphatic heterocycles. The van der Waals surface area contributed by atoms with E-state index < -0.39 is 16.5 Å². The van der Waals surface area contributed by atoms with Crippen molar-refractivity contribution in [3.05, 3.63) is 0 Å². The van der Waals surface area contributed by atoms with E-state index in [4.69, 9.17) is 11.3 Å². The van der Waals surface area contributed by atoms with Gasteiger partial charge in [0.15, 0.2) is 10.9 Å². The van der Waals surface area contributed by atoms with Crippen LogP contribution in [0, 0.1) is 12.3 Å². The van der Waals surface area contributed by atoms with Crippen molar-refractivity contribution in [2.45, 2.75) is 0 Å². The van der Waals surface area contributed by atoms with E-state index in [0.717, 1.165) is 0 Å². The van der Waals surface area contributed by atoms with Gasteiger partial charge < -0.3 is 0 Å². The van der Waals surface area contributed by atoms with Gasteiger partial charge in [-0.2, -0.15) is 0 Å². The Morgan fingerprint density at radius 3 is 2.60 bits per heavy atom. The van der Waals surface area contributed by atoms with Crippen LogP contribution in [0.25, 0.3) is 0 Å². The Morgan fingerprint density at radius 2 is 2.20 bits per heavy atom. The summed E-state index contributed by atoms with van der Waals surface area (Å²) < 4.78 is 28.1. The lowest BCUT2D eigenvalue weighted by Gasteiger charge is -1.70. The molecular weight excluding hydrogens is 178 g/mol. The fraction of sp³-hybridized carbons (Fsp3) is 0.333. The van der Waals surface area contributed by atoms with Crippen molar-refractivity contribution in [2.24, 2.45) is 0 Å². The Labute approximate surface area is 59.2 Å². The summed E-state index contributed by atoms with van der Waals surface area (Å²) in [5.41, 5.74) is 0. The maximum absolute atomic E-state index is 10.3. The van der Waals surface area contributed by atoms with Crippen molar-refractivity contribution in [3.8, 4) is 12.3 Å². The molecule has 0 bridgehead atoms. The molecule has 0 heterocycles. The average Bonchev–Trinajstić information content (AvgIpc) is 1.82. The molecule has 0 aromatic carbocycles. The smallest absolute Gasteiger partial charge is 0.131 e. The number of hydrogen-bond acceptors (Lipinski definition) is 4. The highest BCUT2D eigenvalue weighted by atomic mass is 31.2. The number of terminal acetylenes is 1. The van der Waals surface area contributed by atoms with Crippen LogP contribution in [0.15, 0.2) is 0 Å². The van der Waals surface area contributed by atoms with Crippen LogP contribution in [0.2, 0.25) is 0 Å². The Bertz CT molecular complexity index is 182. The average molecular weight is 182 g/mol. The van der Waals surface area contributed by atoms with Gasteiger partial charge in [-0.1, -0.05) is 5.92 Å². The number of rotatable bonds is 4. The summed E-state index contributed by atoms with van der Waals surface area (Å²) in [6.45, 7) is -0.210. The highest BCUT2D eigenvalue weighted by molar-refractivity contribution is 7.47. The lowest BCUT2D eigenvalue weighted by Crippen LogP contribution is -1.79. The van der Waals surface area contributed by atoms with E-state index in [1.807, 2.05) is 5.92 Å². The molecule has 0 radical (unpaired) electrons. The summed E-state index contributed by atoms with van der Waals surface area (Å²) in [6.07, 6.45) is 4.71. The summed E-state index contributed by atoms with van der Waals surface area (Å²) in [5, 5.41) is 0. The second-order valence-corrected chi connectivity index (χ2v) is 2.85. The van der Waals surface area contributed by atoms with Crippen LogP contribution < -0.4 is 0 Å². The maximum Gasteiger partial charge on any atom is 0.748 e. The molecule has 0 aromatic rings. The van der Waals surface area contributed by atoms with Gasteiger partial charge >= 0.3 is 16.5 Å². The quantitative estimate of drug-likeness (QED) is 0.517. The molecule has 2 unspecified atom stereocenters. The van der Waals surface area contributed by atoms with Crippen LogP contribution in [-0.4, -0.2) is 11.5 Å². The molecule has 10 heavy (non-hydrogen) atoms. The zero-order chi connectivity index (χ0) is 7.98. The van der Waals surface area contributed by atoms with Crippen molar-refractivity contribution in [1.29, 1.82) is 0 Å². The van der Waals surface area contributed by atoms with E-state index in [-0.39, 0.29) is 6.61 Å². The molecule has 2 atom stereocenters. The van der Waals surface area contributed by atoms with Gasteiger partial charge in [-0.3, -0.25) is 0 Å². The van der Waals surface area contributed by atoms with Gasteiger partial charge in [0.25, 0.3) is 0 Å². The first-order valence-corrected chi connectivity index (χ1v) is 4.27. The Morgan fingerprint density at radius 1 is 1.60 bits per heavy atom. The molecule has 0 rings (SSSR count). The van der Waals surface area contributed by atoms with E-state index in [1.54, 1.807) is 0 Å². The molecule has 54 valence electrons. The first-order chi connectivity index (χ1) is 4.66. The highest BCUT2D eigenvalue weighted by Gasteiger charge is 2.36. The largest absolute Gasteiger partial charge is 0.748 e. The predicted octanol–water partition coefficient (Wildman–Crippen LogP) is 0.960. The summed E-state index contributed by atoms with van der Waals surface area (Å²) in [5.74, 6) is 2.01. The van der Waals surface area contributed by atoms with Crippen molar-refractivity contribution in [3.63, 3.8) is 0 Å². The molecule has 0 aromatic heterocycles. The van der Waals surface area contributed by atoms with E-state index in [0.29, 0.717) is 0 Å². The first kappa shape index (κ1) is 9.64. The minimum atomic E-state index is -2.88. The van der Waals surface area contributed by atoms with Crippen molar-refractivity contribution in [1.82, 2.24) is 0 Å². The second kappa shape index (κ2) is 5.43. The summed E-state index contributed by atoms with van der Waals surface area (Å²) in [7, 11) is -5.44. The summed E-state index contributed by atoms with van der Waals surface area (Å²) in [6, 6.07) is 0. The standard InChI is InChI=1S/C3H3O5P2/c1-2-3-7-10(6)8-9(4)5/h1H,3H2/q+1/p+1. The van der Waals surface area contributed by atoms with Gasteiger partial charge in [-0.25, -0.2) is 0 Å². The van der Waals surface area contributed by atoms with Gasteiger partial charge in [0.05, 0.1) is 0 Å². The van der Waals surface area contributed by atoms with Gasteiger partial charge in [-0.15, -0.1) is 15.8 Å². The summed E-state index contributed by atoms with van der Waals surface area (Å²) >= 11 is 0. The summed E-state index contributed by atoms with van der Waals surface area (Å²) in [4.78, 5) is 7.99. The molecule has 0 saturated carbocycles. The molecule has 1 N–H and O–H groups in total. The molecule has 0 aliphatic carbocycles. The third kappa shape index (κ3) is 5.77. The van der Waals surface area contributed by atoms with Gasteiger partial charge in [0.2, 0.25) is 0 Å². The molecule has 0 saturated heterocycles. The molecular formula is C3H4O5P2+2. The first-order valence-electron chi connectivity index (χ1n) is 2.04. The molecule has 0 spiro atoms. The maximum atomic E-state index is 10.3. The lowest BCUT2D eigenvalue weighted by molar-refractivity contribution is 0.311. The van der Waals surface area contributed by atoms with Crippen LogP contribution in [-0.2, 0) is 18.0 Å². The van der Waals surface area contributed by atoms with Crippen molar-refractivity contribution < 1.29 is 22.9 Å². The highest BCUT2D eigenvalue weighted by Crippen LogP contribution is 2.35. The predicted molar refractivity (Wildman–Crippen MR) is 33.3 cm³/mol. The molecule has 7 heteroatoms.